The Labute approximate surface area is 103 Å². The zero-order valence-corrected chi connectivity index (χ0v) is 10.6. The van der Waals surface area contributed by atoms with Gasteiger partial charge in [0.2, 0.25) is 0 Å². The van der Waals surface area contributed by atoms with Crippen LogP contribution in [-0.4, -0.2) is 25.2 Å². The minimum Gasteiger partial charge on any atom is -0.466 e. The molecule has 0 atom stereocenters. The quantitative estimate of drug-likeness (QED) is 0.256. The van der Waals surface area contributed by atoms with Gasteiger partial charge < -0.3 is 9.47 Å². The molecule has 0 saturated carbocycles. The van der Waals surface area contributed by atoms with Crippen LogP contribution >= 0.6 is 0 Å². The van der Waals surface area contributed by atoms with Crippen LogP contribution in [0.25, 0.3) is 0 Å². The monoisotopic (exact) mass is 242 g/mol. The van der Waals surface area contributed by atoms with E-state index in [1.165, 1.54) is 0 Å². The molecule has 0 radical (unpaired) electrons. The van der Waals surface area contributed by atoms with Crippen molar-refractivity contribution in [3.05, 3.63) is 12.7 Å². The van der Waals surface area contributed by atoms with E-state index < -0.39 is 11.9 Å². The van der Waals surface area contributed by atoms with Gasteiger partial charge in [0.15, 0.2) is 0 Å². The number of carbonyl (C=O) groups is 2. The van der Waals surface area contributed by atoms with E-state index in [-0.39, 0.29) is 13.0 Å². The van der Waals surface area contributed by atoms with E-state index in [0.717, 1.165) is 32.1 Å². The average molecular weight is 242 g/mol. The maximum atomic E-state index is 11.1. The van der Waals surface area contributed by atoms with Gasteiger partial charge in [-0.25, -0.2) is 0 Å². The highest BCUT2D eigenvalue weighted by Crippen LogP contribution is 2.03. The van der Waals surface area contributed by atoms with Gasteiger partial charge in [-0.15, -0.1) is 6.58 Å². The molecule has 0 saturated heterocycles. The summed E-state index contributed by atoms with van der Waals surface area (Å²) in [5, 5.41) is 0. The van der Waals surface area contributed by atoms with Crippen LogP contribution in [0.3, 0.4) is 0 Å². The lowest BCUT2D eigenvalue weighted by Gasteiger charge is -2.04. The third kappa shape index (κ3) is 11.0. The van der Waals surface area contributed by atoms with Gasteiger partial charge in [0.25, 0.3) is 0 Å². The molecule has 0 bridgehead atoms. The molecule has 17 heavy (non-hydrogen) atoms. The molecule has 0 N–H and O–H groups in total. The van der Waals surface area contributed by atoms with Crippen LogP contribution < -0.4 is 0 Å². The van der Waals surface area contributed by atoms with Crippen molar-refractivity contribution in [3.8, 4) is 0 Å². The lowest BCUT2D eigenvalue weighted by Crippen LogP contribution is -2.14. The molecule has 0 aromatic rings. The highest BCUT2D eigenvalue weighted by Gasteiger charge is 2.10. The van der Waals surface area contributed by atoms with E-state index in [9.17, 15) is 9.59 Å². The van der Waals surface area contributed by atoms with Crippen molar-refractivity contribution in [1.29, 1.82) is 0 Å². The molecule has 0 aromatic heterocycles. The molecule has 98 valence electrons. The third-order valence-electron chi connectivity index (χ3n) is 2.16. The molecule has 4 heteroatoms. The number of esters is 2. The molecule has 0 fully saturated rings. The van der Waals surface area contributed by atoms with Gasteiger partial charge in [0, 0.05) is 0 Å². The van der Waals surface area contributed by atoms with E-state index in [4.69, 9.17) is 4.74 Å². The molecule has 0 aliphatic rings. The van der Waals surface area contributed by atoms with Crippen molar-refractivity contribution >= 4 is 11.9 Å². The fourth-order valence-electron chi connectivity index (χ4n) is 1.31. The van der Waals surface area contributed by atoms with Crippen molar-refractivity contribution in [2.45, 2.75) is 45.4 Å². The highest BCUT2D eigenvalue weighted by atomic mass is 16.6. The second-order valence-electron chi connectivity index (χ2n) is 3.69. The number of unbranched alkanes of at least 4 members (excludes halogenated alkanes) is 4. The Bertz CT molecular complexity index is 236. The van der Waals surface area contributed by atoms with Crippen LogP contribution in [0.4, 0.5) is 0 Å². The Morgan fingerprint density at radius 2 is 1.71 bits per heavy atom. The molecule has 4 nitrogen and oxygen atoms in total. The Kier molecular flexibility index (Phi) is 10.3. The summed E-state index contributed by atoms with van der Waals surface area (Å²) in [4.78, 5) is 22.1. The molecular weight excluding hydrogens is 220 g/mol. The summed E-state index contributed by atoms with van der Waals surface area (Å²) in [6, 6.07) is 0. The van der Waals surface area contributed by atoms with Crippen LogP contribution in [-0.2, 0) is 19.1 Å². The van der Waals surface area contributed by atoms with E-state index in [0.29, 0.717) is 6.61 Å². The van der Waals surface area contributed by atoms with Gasteiger partial charge in [-0.05, 0) is 26.2 Å². The summed E-state index contributed by atoms with van der Waals surface area (Å²) >= 11 is 0. The lowest BCUT2D eigenvalue weighted by atomic mass is 10.1. The zero-order valence-electron chi connectivity index (χ0n) is 10.6. The first kappa shape index (κ1) is 15.7. The Balaban J connectivity index is 3.33. The summed E-state index contributed by atoms with van der Waals surface area (Å²) in [6.07, 6.45) is 6.75. The Hall–Kier alpha value is -1.32. The van der Waals surface area contributed by atoms with Gasteiger partial charge in [-0.1, -0.05) is 18.9 Å². The Morgan fingerprint density at radius 1 is 1.06 bits per heavy atom. The van der Waals surface area contributed by atoms with Gasteiger partial charge >= 0.3 is 11.9 Å². The van der Waals surface area contributed by atoms with Crippen molar-refractivity contribution in [1.82, 2.24) is 0 Å². The summed E-state index contributed by atoms with van der Waals surface area (Å²) < 4.78 is 9.54. The molecule has 0 aliphatic carbocycles. The van der Waals surface area contributed by atoms with E-state index >= 15 is 0 Å². The van der Waals surface area contributed by atoms with Crippen LogP contribution in [0.5, 0.6) is 0 Å². The average Bonchev–Trinajstić information content (AvgIpc) is 2.28. The minimum atomic E-state index is -0.525. The largest absolute Gasteiger partial charge is 0.466 e. The van der Waals surface area contributed by atoms with E-state index in [1.807, 2.05) is 6.08 Å². The number of hydrogen-bond acceptors (Lipinski definition) is 4. The highest BCUT2D eigenvalue weighted by molar-refractivity contribution is 5.91. The molecule has 0 aromatic carbocycles. The number of rotatable bonds is 10. The zero-order chi connectivity index (χ0) is 12.9. The second kappa shape index (κ2) is 11.2. The second-order valence-corrected chi connectivity index (χ2v) is 3.69. The molecule has 0 rings (SSSR count). The van der Waals surface area contributed by atoms with E-state index in [1.54, 1.807) is 6.92 Å². The topological polar surface area (TPSA) is 52.6 Å². The number of hydrogen-bond donors (Lipinski definition) is 0. The summed E-state index contributed by atoms with van der Waals surface area (Å²) in [7, 11) is 0. The summed E-state index contributed by atoms with van der Waals surface area (Å²) in [6.45, 7) is 6.02. The van der Waals surface area contributed by atoms with Crippen LogP contribution in [0.1, 0.15) is 45.4 Å². The lowest BCUT2D eigenvalue weighted by molar-refractivity contribution is -0.154. The predicted octanol–water partition coefficient (Wildman–Crippen LogP) is 2.62. The van der Waals surface area contributed by atoms with Crippen molar-refractivity contribution in [2.75, 3.05) is 13.2 Å². The van der Waals surface area contributed by atoms with Gasteiger partial charge in [0.1, 0.15) is 6.42 Å². The maximum Gasteiger partial charge on any atom is 0.317 e. The number of ether oxygens (including phenoxy) is 2. The predicted molar refractivity (Wildman–Crippen MR) is 65.5 cm³/mol. The molecule has 0 unspecified atom stereocenters. The van der Waals surface area contributed by atoms with Crippen molar-refractivity contribution in [3.63, 3.8) is 0 Å². The smallest absolute Gasteiger partial charge is 0.317 e. The fourth-order valence-corrected chi connectivity index (χ4v) is 1.31. The normalized spacial score (nSPS) is 9.71. The maximum absolute atomic E-state index is 11.1. The van der Waals surface area contributed by atoms with E-state index in [2.05, 4.69) is 11.3 Å². The molecule has 0 spiro atoms. The minimum absolute atomic E-state index is 0.287. The third-order valence-corrected chi connectivity index (χ3v) is 2.16. The van der Waals surface area contributed by atoms with Crippen molar-refractivity contribution in [2.24, 2.45) is 0 Å². The van der Waals surface area contributed by atoms with Gasteiger partial charge in [0.05, 0.1) is 13.2 Å². The van der Waals surface area contributed by atoms with Crippen LogP contribution in [0.15, 0.2) is 12.7 Å². The first-order valence-electron chi connectivity index (χ1n) is 6.12. The van der Waals surface area contributed by atoms with Crippen molar-refractivity contribution < 1.29 is 19.1 Å². The fraction of sp³-hybridized carbons (Fsp3) is 0.692. The molecule has 0 heterocycles. The Morgan fingerprint density at radius 3 is 2.35 bits per heavy atom. The SMILES string of the molecule is C=CCCCCCCOC(=O)CC(=O)OCC. The first-order chi connectivity index (χ1) is 8.20. The van der Waals surface area contributed by atoms with Gasteiger partial charge in [-0.2, -0.15) is 0 Å². The molecular formula is C13H22O4. The summed E-state index contributed by atoms with van der Waals surface area (Å²) in [5.41, 5.74) is 0. The first-order valence-corrected chi connectivity index (χ1v) is 6.12. The molecule has 0 aliphatic heterocycles. The van der Waals surface area contributed by atoms with Crippen LogP contribution in [0.2, 0.25) is 0 Å². The van der Waals surface area contributed by atoms with Crippen LogP contribution in [0, 0.1) is 0 Å². The summed E-state index contributed by atoms with van der Waals surface area (Å²) in [5.74, 6) is -1.03. The molecule has 0 amide bonds. The number of carbonyl (C=O) groups excluding carboxylic acids is 2. The standard InChI is InChI=1S/C13H22O4/c1-3-5-6-7-8-9-10-17-13(15)11-12(14)16-4-2/h3H,1,4-11H2,2H3. The number of allylic oxidation sites excluding steroid dienone is 1. The van der Waals surface area contributed by atoms with Gasteiger partial charge in [-0.3, -0.25) is 9.59 Å².